The largest absolute Gasteiger partial charge is 0.356 e. The molecule has 2 aromatic rings. The molecule has 3 rings (SSSR count). The summed E-state index contributed by atoms with van der Waals surface area (Å²) in [7, 11) is 0. The number of aryl methyl sites for hydroxylation is 1. The van der Waals surface area contributed by atoms with Crippen LogP contribution < -0.4 is 15.5 Å². The smallest absolute Gasteiger partial charge is 0.309 e. The summed E-state index contributed by atoms with van der Waals surface area (Å²) in [5.74, 6) is -0.200. The van der Waals surface area contributed by atoms with Gasteiger partial charge in [0.1, 0.15) is 11.9 Å². The molecule has 1 aliphatic rings. The van der Waals surface area contributed by atoms with E-state index in [0.717, 1.165) is 37.1 Å². The van der Waals surface area contributed by atoms with Crippen LogP contribution in [-0.4, -0.2) is 36.4 Å². The van der Waals surface area contributed by atoms with Gasteiger partial charge < -0.3 is 15.5 Å². The van der Waals surface area contributed by atoms with Crippen LogP contribution in [0, 0.1) is 24.2 Å². The minimum atomic E-state index is -0.616. The van der Waals surface area contributed by atoms with Gasteiger partial charge in [-0.25, -0.2) is 4.98 Å². The highest BCUT2D eigenvalue weighted by Crippen LogP contribution is 2.23. The molecule has 7 heteroatoms. The number of nitriles is 1. The minimum Gasteiger partial charge on any atom is -0.356 e. The predicted octanol–water partition coefficient (Wildman–Crippen LogP) is 1.91. The number of pyridine rings is 1. The van der Waals surface area contributed by atoms with Crippen LogP contribution in [0.2, 0.25) is 0 Å². The number of nitrogens with one attached hydrogen (secondary N) is 2. The van der Waals surface area contributed by atoms with E-state index in [2.05, 4.69) is 26.6 Å². The fraction of sp³-hybridized carbons (Fsp3) is 0.364. The summed E-state index contributed by atoms with van der Waals surface area (Å²) in [5.41, 5.74) is 2.68. The van der Waals surface area contributed by atoms with E-state index in [9.17, 15) is 14.9 Å². The lowest BCUT2D eigenvalue weighted by atomic mass is 9.96. The van der Waals surface area contributed by atoms with Gasteiger partial charge >= 0.3 is 11.8 Å². The van der Waals surface area contributed by atoms with Gasteiger partial charge in [-0.3, -0.25) is 9.59 Å². The number of nitrogens with zero attached hydrogens (tertiary/aromatic N) is 3. The first kappa shape index (κ1) is 20.3. The third-order valence-corrected chi connectivity index (χ3v) is 5.15. The van der Waals surface area contributed by atoms with Crippen molar-refractivity contribution in [2.24, 2.45) is 5.92 Å². The van der Waals surface area contributed by atoms with Crippen molar-refractivity contribution in [1.29, 1.82) is 5.26 Å². The monoisotopic (exact) mass is 391 g/mol. The predicted molar refractivity (Wildman–Crippen MR) is 110 cm³/mol. The first-order valence-electron chi connectivity index (χ1n) is 9.78. The maximum atomic E-state index is 12.1. The number of amides is 2. The Morgan fingerprint density at radius 1 is 1.14 bits per heavy atom. The molecule has 0 unspecified atom stereocenters. The molecule has 0 atom stereocenters. The Morgan fingerprint density at radius 3 is 2.52 bits per heavy atom. The Balaban J connectivity index is 1.40. The summed E-state index contributed by atoms with van der Waals surface area (Å²) in [5, 5.41) is 14.6. The summed E-state index contributed by atoms with van der Waals surface area (Å²) in [4.78, 5) is 30.5. The van der Waals surface area contributed by atoms with E-state index in [0.29, 0.717) is 30.4 Å². The molecule has 0 bridgehead atoms. The molecule has 150 valence electrons. The first-order valence-corrected chi connectivity index (χ1v) is 9.78. The zero-order chi connectivity index (χ0) is 20.6. The molecule has 0 spiro atoms. The second-order valence-electron chi connectivity index (χ2n) is 7.30. The number of anilines is 1. The number of benzene rings is 1. The van der Waals surface area contributed by atoms with Crippen LogP contribution in [0.3, 0.4) is 0 Å². The number of aromatic nitrogens is 1. The minimum absolute atomic E-state index is 0.300. The van der Waals surface area contributed by atoms with Gasteiger partial charge in [0, 0.05) is 32.4 Å². The van der Waals surface area contributed by atoms with Crippen LogP contribution in [-0.2, 0) is 16.1 Å². The van der Waals surface area contributed by atoms with Crippen LogP contribution in [0.4, 0.5) is 5.82 Å². The maximum absolute atomic E-state index is 12.1. The fourth-order valence-corrected chi connectivity index (χ4v) is 3.37. The van der Waals surface area contributed by atoms with E-state index in [1.54, 1.807) is 18.3 Å². The van der Waals surface area contributed by atoms with E-state index in [1.807, 2.05) is 31.2 Å². The van der Waals surface area contributed by atoms with E-state index >= 15 is 0 Å². The lowest BCUT2D eigenvalue weighted by Crippen LogP contribution is -2.43. The molecule has 1 fully saturated rings. The van der Waals surface area contributed by atoms with Crippen LogP contribution in [0.5, 0.6) is 0 Å². The van der Waals surface area contributed by atoms with Crippen molar-refractivity contribution in [2.75, 3.05) is 24.5 Å². The first-order chi connectivity index (χ1) is 14.1. The van der Waals surface area contributed by atoms with Crippen LogP contribution in [0.1, 0.15) is 29.5 Å². The second-order valence-corrected chi connectivity index (χ2v) is 7.30. The van der Waals surface area contributed by atoms with E-state index < -0.39 is 11.8 Å². The van der Waals surface area contributed by atoms with Crippen molar-refractivity contribution >= 4 is 17.6 Å². The molecule has 0 aliphatic carbocycles. The molecule has 0 saturated carbocycles. The quantitative estimate of drug-likeness (QED) is 0.759. The van der Waals surface area contributed by atoms with Gasteiger partial charge in [0.25, 0.3) is 0 Å². The number of carbonyl (C=O) groups excluding carboxylic acids is 2. The van der Waals surface area contributed by atoms with Crippen molar-refractivity contribution in [3.05, 3.63) is 59.3 Å². The lowest BCUT2D eigenvalue weighted by Gasteiger charge is -2.33. The standard InChI is InChI=1S/C22H25N5O2/c1-16-4-6-17(7-5-16)14-25-21(28)22(29)26-15-18-8-11-27(12-9-18)20-19(13-23)3-2-10-24-20/h2-7,10,18H,8-9,11-12,14-15H2,1H3,(H,25,28)(H,26,29). The third-order valence-electron chi connectivity index (χ3n) is 5.15. The Morgan fingerprint density at radius 2 is 1.83 bits per heavy atom. The molecule has 2 heterocycles. The second kappa shape index (κ2) is 9.69. The number of hydrogen-bond acceptors (Lipinski definition) is 5. The maximum Gasteiger partial charge on any atom is 0.309 e. The van der Waals surface area contributed by atoms with Gasteiger partial charge in [-0.1, -0.05) is 29.8 Å². The SMILES string of the molecule is Cc1ccc(CNC(=O)C(=O)NCC2CCN(c3ncccc3C#N)CC2)cc1. The zero-order valence-electron chi connectivity index (χ0n) is 16.5. The number of rotatable bonds is 5. The molecule has 2 N–H and O–H groups in total. The van der Waals surface area contributed by atoms with Crippen molar-refractivity contribution in [1.82, 2.24) is 15.6 Å². The molecule has 2 amide bonds. The van der Waals surface area contributed by atoms with Gasteiger partial charge in [-0.2, -0.15) is 5.26 Å². The molecule has 29 heavy (non-hydrogen) atoms. The highest BCUT2D eigenvalue weighted by molar-refractivity contribution is 6.35. The van der Waals surface area contributed by atoms with E-state index in [1.165, 1.54) is 0 Å². The molecule has 0 radical (unpaired) electrons. The zero-order valence-corrected chi connectivity index (χ0v) is 16.5. The Bertz CT molecular complexity index is 896. The van der Waals surface area contributed by atoms with Crippen LogP contribution >= 0.6 is 0 Å². The summed E-state index contributed by atoms with van der Waals surface area (Å²) in [6, 6.07) is 13.5. The molecular formula is C22H25N5O2. The summed E-state index contributed by atoms with van der Waals surface area (Å²) >= 11 is 0. The van der Waals surface area contributed by atoms with Crippen molar-refractivity contribution in [3.63, 3.8) is 0 Å². The van der Waals surface area contributed by atoms with Crippen molar-refractivity contribution < 1.29 is 9.59 Å². The summed E-state index contributed by atoms with van der Waals surface area (Å²) in [6.45, 7) is 4.34. The van der Waals surface area contributed by atoms with E-state index in [-0.39, 0.29) is 0 Å². The van der Waals surface area contributed by atoms with Gasteiger partial charge in [-0.05, 0) is 43.4 Å². The Hall–Kier alpha value is -3.40. The Labute approximate surface area is 170 Å². The molecule has 1 aromatic carbocycles. The van der Waals surface area contributed by atoms with Gasteiger partial charge in [0.05, 0.1) is 5.56 Å². The van der Waals surface area contributed by atoms with Crippen LogP contribution in [0.25, 0.3) is 0 Å². The van der Waals surface area contributed by atoms with Gasteiger partial charge in [-0.15, -0.1) is 0 Å². The normalized spacial score (nSPS) is 14.1. The fourth-order valence-electron chi connectivity index (χ4n) is 3.37. The summed E-state index contributed by atoms with van der Waals surface area (Å²) < 4.78 is 0. The molecular weight excluding hydrogens is 366 g/mol. The number of piperidine rings is 1. The highest BCUT2D eigenvalue weighted by atomic mass is 16.2. The average Bonchev–Trinajstić information content (AvgIpc) is 2.77. The topological polar surface area (TPSA) is 98.1 Å². The van der Waals surface area contributed by atoms with Gasteiger partial charge in [0.2, 0.25) is 0 Å². The van der Waals surface area contributed by atoms with Crippen molar-refractivity contribution in [3.8, 4) is 6.07 Å². The third kappa shape index (κ3) is 5.55. The lowest BCUT2D eigenvalue weighted by molar-refractivity contribution is -0.139. The highest BCUT2D eigenvalue weighted by Gasteiger charge is 2.23. The van der Waals surface area contributed by atoms with Crippen LogP contribution in [0.15, 0.2) is 42.6 Å². The summed E-state index contributed by atoms with van der Waals surface area (Å²) in [6.07, 6.45) is 3.43. The molecule has 1 aromatic heterocycles. The number of carbonyl (C=O) groups is 2. The van der Waals surface area contributed by atoms with Gasteiger partial charge in [0.15, 0.2) is 0 Å². The average molecular weight is 391 g/mol. The number of hydrogen-bond donors (Lipinski definition) is 2. The van der Waals surface area contributed by atoms with Crippen molar-refractivity contribution in [2.45, 2.75) is 26.3 Å². The van der Waals surface area contributed by atoms with E-state index in [4.69, 9.17) is 0 Å². The molecule has 1 saturated heterocycles. The Kier molecular flexibility index (Phi) is 6.80. The molecule has 1 aliphatic heterocycles. The molecule has 7 nitrogen and oxygen atoms in total.